The molecule has 0 radical (unpaired) electrons. The Labute approximate surface area is 186 Å². The molecule has 1 N–H and O–H groups in total. The van der Waals surface area contributed by atoms with Crippen molar-refractivity contribution < 1.29 is 9.59 Å². The summed E-state index contributed by atoms with van der Waals surface area (Å²) in [5.41, 5.74) is 4.29. The lowest BCUT2D eigenvalue weighted by molar-refractivity contribution is -0.131. The summed E-state index contributed by atoms with van der Waals surface area (Å²) in [5.74, 6) is 0.104. The smallest absolute Gasteiger partial charge is 0.227 e. The van der Waals surface area contributed by atoms with Crippen LogP contribution in [0.4, 0.5) is 10.8 Å². The summed E-state index contributed by atoms with van der Waals surface area (Å²) in [5, 5.41) is 3.41. The van der Waals surface area contributed by atoms with Gasteiger partial charge in [0.25, 0.3) is 0 Å². The Hall–Kier alpha value is -2.93. The fraction of sp³-hybridized carbons (Fsp3) is 0.375. The molecule has 1 aliphatic rings. The van der Waals surface area contributed by atoms with E-state index in [1.165, 1.54) is 22.6 Å². The van der Waals surface area contributed by atoms with Gasteiger partial charge in [0.1, 0.15) is 0 Å². The number of aromatic nitrogens is 1. The van der Waals surface area contributed by atoms with Crippen molar-refractivity contribution in [3.63, 3.8) is 0 Å². The van der Waals surface area contributed by atoms with Crippen molar-refractivity contribution in [2.45, 2.75) is 39.7 Å². The van der Waals surface area contributed by atoms with Crippen LogP contribution in [0, 0.1) is 6.92 Å². The molecular formula is C24H28N4O2S. The van der Waals surface area contributed by atoms with Crippen LogP contribution in [0.15, 0.2) is 42.5 Å². The number of piperazine rings is 1. The van der Waals surface area contributed by atoms with Crippen molar-refractivity contribution in [1.29, 1.82) is 0 Å². The molecule has 2 aromatic carbocycles. The molecule has 6 nitrogen and oxygen atoms in total. The minimum atomic E-state index is -0.0478. The molecule has 1 saturated heterocycles. The molecule has 4 rings (SSSR count). The van der Waals surface area contributed by atoms with Gasteiger partial charge in [-0.05, 0) is 49.2 Å². The SMILES string of the molecule is CCC(=O)Nc1nc2ccc(CC(=O)N3CCN(c4cccc(C)c4)[C@@H](C)C3)cc2s1. The third-order valence-corrected chi connectivity index (χ3v) is 6.62. The van der Waals surface area contributed by atoms with Crippen LogP contribution in [0.5, 0.6) is 0 Å². The number of nitrogens with zero attached hydrogens (tertiary/aromatic N) is 3. The Morgan fingerprint density at radius 1 is 1.19 bits per heavy atom. The third kappa shape index (κ3) is 4.88. The fourth-order valence-corrected chi connectivity index (χ4v) is 4.95. The quantitative estimate of drug-likeness (QED) is 0.650. The van der Waals surface area contributed by atoms with E-state index in [1.807, 2.05) is 30.0 Å². The molecule has 1 aromatic heterocycles. The van der Waals surface area contributed by atoms with E-state index in [4.69, 9.17) is 0 Å². The van der Waals surface area contributed by atoms with E-state index in [1.54, 1.807) is 0 Å². The first kappa shape index (κ1) is 21.3. The maximum atomic E-state index is 13.0. The van der Waals surface area contributed by atoms with Gasteiger partial charge >= 0.3 is 0 Å². The second-order valence-corrected chi connectivity index (χ2v) is 9.15. The predicted molar refractivity (Wildman–Crippen MR) is 127 cm³/mol. The first-order chi connectivity index (χ1) is 14.9. The Morgan fingerprint density at radius 3 is 2.77 bits per heavy atom. The van der Waals surface area contributed by atoms with E-state index in [-0.39, 0.29) is 17.9 Å². The van der Waals surface area contributed by atoms with E-state index in [0.29, 0.717) is 18.0 Å². The molecule has 0 saturated carbocycles. The Bertz CT molecular complexity index is 1110. The lowest BCUT2D eigenvalue weighted by Crippen LogP contribution is -2.54. The maximum Gasteiger partial charge on any atom is 0.227 e. The number of nitrogens with one attached hydrogen (secondary N) is 1. The number of rotatable bonds is 5. The van der Waals surface area contributed by atoms with Crippen molar-refractivity contribution >= 4 is 44.2 Å². The zero-order valence-electron chi connectivity index (χ0n) is 18.2. The average Bonchev–Trinajstić information content (AvgIpc) is 3.14. The van der Waals surface area contributed by atoms with Crippen LogP contribution in [-0.2, 0) is 16.0 Å². The number of hydrogen-bond donors (Lipinski definition) is 1. The van der Waals surface area contributed by atoms with Crippen molar-refractivity contribution in [2.24, 2.45) is 0 Å². The van der Waals surface area contributed by atoms with E-state index < -0.39 is 0 Å². The van der Waals surface area contributed by atoms with Crippen LogP contribution in [0.1, 0.15) is 31.4 Å². The Morgan fingerprint density at radius 2 is 2.03 bits per heavy atom. The number of anilines is 2. The van der Waals surface area contributed by atoms with Gasteiger partial charge in [-0.25, -0.2) is 4.98 Å². The summed E-state index contributed by atoms with van der Waals surface area (Å²) >= 11 is 1.44. The summed E-state index contributed by atoms with van der Waals surface area (Å²) in [6.07, 6.45) is 0.799. The molecule has 0 bridgehead atoms. The van der Waals surface area contributed by atoms with Gasteiger partial charge in [-0.3, -0.25) is 9.59 Å². The highest BCUT2D eigenvalue weighted by Gasteiger charge is 2.27. The highest BCUT2D eigenvalue weighted by atomic mass is 32.1. The van der Waals surface area contributed by atoms with Gasteiger partial charge in [0, 0.05) is 37.8 Å². The van der Waals surface area contributed by atoms with Gasteiger partial charge in [-0.1, -0.05) is 36.5 Å². The number of carbonyl (C=O) groups is 2. The molecule has 1 aliphatic heterocycles. The predicted octanol–water partition coefficient (Wildman–Crippen LogP) is 4.23. The largest absolute Gasteiger partial charge is 0.365 e. The summed E-state index contributed by atoms with van der Waals surface area (Å²) < 4.78 is 0.981. The van der Waals surface area contributed by atoms with E-state index in [2.05, 4.69) is 53.3 Å². The van der Waals surface area contributed by atoms with E-state index in [0.717, 1.165) is 35.4 Å². The van der Waals surface area contributed by atoms with Gasteiger partial charge in [-0.15, -0.1) is 0 Å². The minimum Gasteiger partial charge on any atom is -0.365 e. The van der Waals surface area contributed by atoms with Crippen molar-refractivity contribution in [2.75, 3.05) is 29.9 Å². The lowest BCUT2D eigenvalue weighted by atomic mass is 10.1. The molecule has 162 valence electrons. The van der Waals surface area contributed by atoms with E-state index in [9.17, 15) is 9.59 Å². The molecule has 0 spiro atoms. The van der Waals surface area contributed by atoms with Gasteiger partial charge in [0.05, 0.1) is 16.6 Å². The molecule has 31 heavy (non-hydrogen) atoms. The highest BCUT2D eigenvalue weighted by molar-refractivity contribution is 7.22. The number of fused-ring (bicyclic) bond motifs is 1. The number of hydrogen-bond acceptors (Lipinski definition) is 5. The molecule has 1 atom stereocenters. The minimum absolute atomic E-state index is 0.0478. The van der Waals surface area contributed by atoms with Gasteiger partial charge in [0.15, 0.2) is 5.13 Å². The summed E-state index contributed by atoms with van der Waals surface area (Å²) in [6.45, 7) is 8.39. The number of carbonyl (C=O) groups excluding carboxylic acids is 2. The summed E-state index contributed by atoms with van der Waals surface area (Å²) in [6, 6.07) is 14.7. The number of thiazole rings is 1. The van der Waals surface area contributed by atoms with Crippen LogP contribution in [0.2, 0.25) is 0 Å². The standard InChI is InChI=1S/C24H28N4O2S/c1-4-22(29)26-24-25-20-9-8-18(13-21(20)31-24)14-23(30)27-10-11-28(17(3)15-27)19-7-5-6-16(2)12-19/h5-9,12-13,17H,4,10-11,14-15H2,1-3H3,(H,25,26,29)/t17-/m0/s1. The molecule has 7 heteroatoms. The molecule has 2 amide bonds. The second kappa shape index (κ2) is 9.06. The fourth-order valence-electron chi connectivity index (χ4n) is 4.00. The number of aryl methyl sites for hydroxylation is 1. The van der Waals surface area contributed by atoms with Crippen LogP contribution < -0.4 is 10.2 Å². The molecule has 2 heterocycles. The van der Waals surface area contributed by atoms with Crippen molar-refractivity contribution in [1.82, 2.24) is 9.88 Å². The Balaban J connectivity index is 1.40. The first-order valence-electron chi connectivity index (χ1n) is 10.7. The maximum absolute atomic E-state index is 13.0. The van der Waals surface area contributed by atoms with Crippen molar-refractivity contribution in [3.8, 4) is 0 Å². The highest BCUT2D eigenvalue weighted by Crippen LogP contribution is 2.27. The monoisotopic (exact) mass is 436 g/mol. The first-order valence-corrected chi connectivity index (χ1v) is 11.5. The van der Waals surface area contributed by atoms with E-state index >= 15 is 0 Å². The second-order valence-electron chi connectivity index (χ2n) is 8.12. The molecule has 0 unspecified atom stereocenters. The number of benzene rings is 2. The number of amides is 2. The average molecular weight is 437 g/mol. The van der Waals surface area contributed by atoms with Crippen LogP contribution in [-0.4, -0.2) is 47.4 Å². The summed E-state index contributed by atoms with van der Waals surface area (Å²) in [4.78, 5) is 33.4. The van der Waals surface area contributed by atoms with Crippen LogP contribution in [0.25, 0.3) is 10.2 Å². The van der Waals surface area contributed by atoms with Gasteiger partial charge in [0.2, 0.25) is 11.8 Å². The zero-order chi connectivity index (χ0) is 22.0. The zero-order valence-corrected chi connectivity index (χ0v) is 19.0. The lowest BCUT2D eigenvalue weighted by Gasteiger charge is -2.41. The van der Waals surface area contributed by atoms with Gasteiger partial charge in [-0.2, -0.15) is 0 Å². The molecule has 1 fully saturated rings. The van der Waals surface area contributed by atoms with Crippen LogP contribution in [0.3, 0.4) is 0 Å². The van der Waals surface area contributed by atoms with Crippen LogP contribution >= 0.6 is 11.3 Å². The van der Waals surface area contributed by atoms with Gasteiger partial charge < -0.3 is 15.1 Å². The van der Waals surface area contributed by atoms with Crippen molar-refractivity contribution in [3.05, 3.63) is 53.6 Å². The Kier molecular flexibility index (Phi) is 6.23. The molecular weight excluding hydrogens is 408 g/mol. The molecule has 3 aromatic rings. The normalized spacial score (nSPS) is 16.5. The topological polar surface area (TPSA) is 65.5 Å². The molecule has 0 aliphatic carbocycles. The summed E-state index contributed by atoms with van der Waals surface area (Å²) in [7, 11) is 0. The third-order valence-electron chi connectivity index (χ3n) is 5.69.